The van der Waals surface area contributed by atoms with Gasteiger partial charge in [-0.25, -0.2) is 0 Å². The van der Waals surface area contributed by atoms with Gasteiger partial charge in [-0.15, -0.1) is 0 Å². The van der Waals surface area contributed by atoms with E-state index in [0.717, 1.165) is 0 Å². The molecule has 0 fully saturated rings. The molecule has 15 heavy (non-hydrogen) atoms. The number of ether oxygens (including phenoxy) is 1. The number of hydrogen-bond acceptors (Lipinski definition) is 2. The Balaban J connectivity index is 4.23. The predicted molar refractivity (Wildman–Crippen MR) is 49.3 cm³/mol. The molecule has 0 saturated carbocycles. The number of halogens is 3. The quantitative estimate of drug-likeness (QED) is 0.776. The maximum absolute atomic E-state index is 11.9. The Kier molecular flexibility index (Phi) is 5.64. The fourth-order valence-electron chi connectivity index (χ4n) is 0.896. The third-order valence-corrected chi connectivity index (χ3v) is 1.88. The summed E-state index contributed by atoms with van der Waals surface area (Å²) in [5.74, 6) is -2.02. The van der Waals surface area contributed by atoms with E-state index in [1.54, 1.807) is 20.8 Å². The van der Waals surface area contributed by atoms with Crippen LogP contribution in [0, 0.1) is 5.92 Å². The molecule has 0 aliphatic carbocycles. The van der Waals surface area contributed by atoms with Crippen molar-refractivity contribution in [3.63, 3.8) is 0 Å². The highest BCUT2D eigenvalue weighted by Gasteiger charge is 2.40. The molecule has 0 aromatic rings. The Hall–Kier alpha value is -0.780. The second kappa shape index (κ2) is 5.95. The van der Waals surface area contributed by atoms with E-state index in [1.165, 1.54) is 0 Å². The van der Waals surface area contributed by atoms with Crippen LogP contribution < -0.4 is 5.32 Å². The second-order valence-electron chi connectivity index (χ2n) is 3.48. The van der Waals surface area contributed by atoms with Gasteiger partial charge in [-0.1, -0.05) is 13.8 Å². The third-order valence-electron chi connectivity index (χ3n) is 1.88. The standard InChI is InChI=1S/C9H16F3NO2/c1-4-15-5-7(6(2)3)13-8(14)9(10,11)12/h6-7H,4-5H2,1-3H3,(H,13,14). The number of carbonyl (C=O) groups is 1. The molecule has 3 nitrogen and oxygen atoms in total. The minimum absolute atomic E-state index is 0.0932. The maximum Gasteiger partial charge on any atom is 0.471 e. The molecule has 0 spiro atoms. The highest BCUT2D eigenvalue weighted by molar-refractivity contribution is 5.81. The van der Waals surface area contributed by atoms with Crippen molar-refractivity contribution < 1.29 is 22.7 Å². The molecule has 90 valence electrons. The normalized spacial score (nSPS) is 14.1. The molecule has 0 radical (unpaired) electrons. The van der Waals surface area contributed by atoms with Crippen LogP contribution in [-0.2, 0) is 9.53 Å². The zero-order valence-corrected chi connectivity index (χ0v) is 9.02. The second-order valence-corrected chi connectivity index (χ2v) is 3.48. The molecule has 0 aliphatic heterocycles. The van der Waals surface area contributed by atoms with Crippen molar-refractivity contribution in [2.45, 2.75) is 33.0 Å². The van der Waals surface area contributed by atoms with E-state index in [0.29, 0.717) is 6.61 Å². The summed E-state index contributed by atoms with van der Waals surface area (Å²) < 4.78 is 40.8. The van der Waals surface area contributed by atoms with E-state index >= 15 is 0 Å². The third kappa shape index (κ3) is 5.61. The minimum Gasteiger partial charge on any atom is -0.380 e. The number of alkyl halides is 3. The first-order valence-electron chi connectivity index (χ1n) is 4.74. The van der Waals surface area contributed by atoms with Crippen LogP contribution in [0.1, 0.15) is 20.8 Å². The zero-order valence-electron chi connectivity index (χ0n) is 9.02. The Morgan fingerprint density at radius 2 is 1.93 bits per heavy atom. The fourth-order valence-corrected chi connectivity index (χ4v) is 0.896. The summed E-state index contributed by atoms with van der Waals surface area (Å²) >= 11 is 0. The first kappa shape index (κ1) is 14.2. The number of rotatable bonds is 5. The summed E-state index contributed by atoms with van der Waals surface area (Å²) in [6, 6.07) is -0.612. The molecule has 0 heterocycles. The van der Waals surface area contributed by atoms with Crippen LogP contribution in [-0.4, -0.2) is 31.3 Å². The van der Waals surface area contributed by atoms with E-state index in [9.17, 15) is 18.0 Å². The van der Waals surface area contributed by atoms with Gasteiger partial charge in [0, 0.05) is 6.61 Å². The van der Waals surface area contributed by atoms with Crippen LogP contribution in [0.15, 0.2) is 0 Å². The number of amides is 1. The monoisotopic (exact) mass is 227 g/mol. The molecule has 1 atom stereocenters. The van der Waals surface area contributed by atoms with Crippen molar-refractivity contribution >= 4 is 5.91 Å². The van der Waals surface area contributed by atoms with Gasteiger partial charge in [-0.05, 0) is 12.8 Å². The van der Waals surface area contributed by atoms with E-state index < -0.39 is 18.1 Å². The molecule has 6 heteroatoms. The minimum atomic E-state index is -4.83. The van der Waals surface area contributed by atoms with Gasteiger partial charge in [-0.3, -0.25) is 4.79 Å². The van der Waals surface area contributed by atoms with Crippen molar-refractivity contribution in [1.29, 1.82) is 0 Å². The lowest BCUT2D eigenvalue weighted by molar-refractivity contribution is -0.175. The SMILES string of the molecule is CCOCC(NC(=O)C(F)(F)F)C(C)C. The average Bonchev–Trinajstić information content (AvgIpc) is 2.09. The Morgan fingerprint density at radius 3 is 2.27 bits per heavy atom. The lowest BCUT2D eigenvalue weighted by Gasteiger charge is -2.22. The molecule has 0 aliphatic rings. The summed E-state index contributed by atoms with van der Waals surface area (Å²) in [7, 11) is 0. The average molecular weight is 227 g/mol. The smallest absolute Gasteiger partial charge is 0.380 e. The first-order valence-corrected chi connectivity index (χ1v) is 4.74. The maximum atomic E-state index is 11.9. The predicted octanol–water partition coefficient (Wildman–Crippen LogP) is 1.73. The summed E-state index contributed by atoms with van der Waals surface area (Å²) in [5.41, 5.74) is 0. The highest BCUT2D eigenvalue weighted by Crippen LogP contribution is 2.15. The number of nitrogens with one attached hydrogen (secondary N) is 1. The van der Waals surface area contributed by atoms with E-state index in [2.05, 4.69) is 0 Å². The Bertz CT molecular complexity index is 204. The number of hydrogen-bond donors (Lipinski definition) is 1. The van der Waals surface area contributed by atoms with Crippen molar-refractivity contribution in [2.75, 3.05) is 13.2 Å². The van der Waals surface area contributed by atoms with E-state index in [-0.39, 0.29) is 12.5 Å². The largest absolute Gasteiger partial charge is 0.471 e. The van der Waals surface area contributed by atoms with Gasteiger partial charge < -0.3 is 10.1 Å². The van der Waals surface area contributed by atoms with Gasteiger partial charge in [0.25, 0.3) is 0 Å². The molecule has 0 bridgehead atoms. The van der Waals surface area contributed by atoms with E-state index in [1.807, 2.05) is 5.32 Å². The molecular weight excluding hydrogens is 211 g/mol. The summed E-state index contributed by atoms with van der Waals surface area (Å²) in [6.07, 6.45) is -4.83. The van der Waals surface area contributed by atoms with Crippen LogP contribution in [0.25, 0.3) is 0 Å². The molecular formula is C9H16F3NO2. The summed E-state index contributed by atoms with van der Waals surface area (Å²) in [5, 5.41) is 1.90. The van der Waals surface area contributed by atoms with Crippen LogP contribution in [0.2, 0.25) is 0 Å². The Labute approximate surface area is 87.0 Å². The zero-order chi connectivity index (χ0) is 12.1. The lowest BCUT2D eigenvalue weighted by Crippen LogP contribution is -2.47. The van der Waals surface area contributed by atoms with Crippen LogP contribution in [0.3, 0.4) is 0 Å². The lowest BCUT2D eigenvalue weighted by atomic mass is 10.1. The molecule has 1 amide bonds. The van der Waals surface area contributed by atoms with Crippen molar-refractivity contribution in [3.05, 3.63) is 0 Å². The topological polar surface area (TPSA) is 38.3 Å². The summed E-state index contributed by atoms with van der Waals surface area (Å²) in [6.45, 7) is 5.69. The molecule has 1 unspecified atom stereocenters. The van der Waals surface area contributed by atoms with Crippen LogP contribution >= 0.6 is 0 Å². The molecule has 0 saturated heterocycles. The van der Waals surface area contributed by atoms with E-state index in [4.69, 9.17) is 4.74 Å². The van der Waals surface area contributed by atoms with Crippen molar-refractivity contribution in [2.24, 2.45) is 5.92 Å². The summed E-state index contributed by atoms with van der Waals surface area (Å²) in [4.78, 5) is 10.7. The first-order chi connectivity index (χ1) is 6.79. The van der Waals surface area contributed by atoms with Gasteiger partial charge in [0.05, 0.1) is 12.6 Å². The van der Waals surface area contributed by atoms with Crippen LogP contribution in [0.5, 0.6) is 0 Å². The van der Waals surface area contributed by atoms with Gasteiger partial charge in [0.1, 0.15) is 0 Å². The fraction of sp³-hybridized carbons (Fsp3) is 0.889. The van der Waals surface area contributed by atoms with Gasteiger partial charge in [0.2, 0.25) is 0 Å². The molecule has 1 N–H and O–H groups in total. The number of carbonyl (C=O) groups excluding carboxylic acids is 1. The van der Waals surface area contributed by atoms with Gasteiger partial charge in [-0.2, -0.15) is 13.2 Å². The Morgan fingerprint density at radius 1 is 1.40 bits per heavy atom. The van der Waals surface area contributed by atoms with Crippen molar-refractivity contribution in [3.8, 4) is 0 Å². The molecule has 0 aromatic carbocycles. The highest BCUT2D eigenvalue weighted by atomic mass is 19.4. The van der Waals surface area contributed by atoms with Gasteiger partial charge in [0.15, 0.2) is 0 Å². The molecule has 0 rings (SSSR count). The molecule has 0 aromatic heterocycles. The van der Waals surface area contributed by atoms with Crippen LogP contribution in [0.4, 0.5) is 13.2 Å². The van der Waals surface area contributed by atoms with Gasteiger partial charge >= 0.3 is 12.1 Å². The van der Waals surface area contributed by atoms with Crippen molar-refractivity contribution in [1.82, 2.24) is 5.32 Å².